The second-order valence-electron chi connectivity index (χ2n) is 6.53. The molecule has 1 fully saturated rings. The van der Waals surface area contributed by atoms with Crippen molar-refractivity contribution < 1.29 is 9.47 Å². The fraction of sp³-hybridized carbons (Fsp3) is 0.824. The van der Waals surface area contributed by atoms with Gasteiger partial charge in [-0.3, -0.25) is 0 Å². The smallest absolute Gasteiger partial charge is 0.191 e. The third-order valence-electron chi connectivity index (χ3n) is 4.24. The van der Waals surface area contributed by atoms with Gasteiger partial charge in [0.05, 0.1) is 19.3 Å². The Bertz CT molecular complexity index is 539. The third-order valence-corrected chi connectivity index (χ3v) is 4.24. The number of hydrogen-bond donors (Lipinski definition) is 2. The van der Waals surface area contributed by atoms with E-state index in [0.717, 1.165) is 50.0 Å². The molecule has 2 N–H and O–H groups in total. The highest BCUT2D eigenvalue weighted by atomic mass is 16.5. The first-order valence-corrected chi connectivity index (χ1v) is 9.19. The first-order chi connectivity index (χ1) is 12.1. The zero-order valence-corrected chi connectivity index (χ0v) is 15.9. The van der Waals surface area contributed by atoms with Crippen LogP contribution in [0.4, 0.5) is 0 Å². The molecule has 2 heterocycles. The number of aryl methyl sites for hydroxylation is 1. The third kappa shape index (κ3) is 6.62. The van der Waals surface area contributed by atoms with Gasteiger partial charge in [-0.15, -0.1) is 10.2 Å². The number of hydrogen-bond acceptors (Lipinski definition) is 5. The van der Waals surface area contributed by atoms with Crippen LogP contribution in [0.3, 0.4) is 0 Å². The second kappa shape index (κ2) is 10.4. The Hall–Kier alpha value is -1.67. The Morgan fingerprint density at radius 1 is 1.48 bits per heavy atom. The van der Waals surface area contributed by atoms with E-state index in [9.17, 15) is 0 Å². The lowest BCUT2D eigenvalue weighted by Gasteiger charge is -2.20. The number of guanidine groups is 1. The molecule has 1 saturated heterocycles. The summed E-state index contributed by atoms with van der Waals surface area (Å²) in [4.78, 5) is 4.65. The molecule has 0 saturated carbocycles. The van der Waals surface area contributed by atoms with Crippen molar-refractivity contribution in [1.29, 1.82) is 0 Å². The minimum Gasteiger partial charge on any atom is -0.379 e. The number of aromatic nitrogens is 3. The molecule has 1 aliphatic heterocycles. The van der Waals surface area contributed by atoms with Crippen LogP contribution in [-0.4, -0.2) is 59.2 Å². The number of unbranched alkanes of at least 4 members (excludes halogenated alkanes) is 1. The molecule has 0 spiro atoms. The molecule has 1 aromatic heterocycles. The first-order valence-electron chi connectivity index (χ1n) is 9.19. The van der Waals surface area contributed by atoms with Crippen LogP contribution in [-0.2, 0) is 23.1 Å². The van der Waals surface area contributed by atoms with Gasteiger partial charge in [-0.25, -0.2) is 4.99 Å². The van der Waals surface area contributed by atoms with Crippen LogP contribution in [0.1, 0.15) is 44.8 Å². The van der Waals surface area contributed by atoms with Gasteiger partial charge in [0.15, 0.2) is 11.8 Å². The van der Waals surface area contributed by atoms with E-state index in [1.165, 1.54) is 0 Å². The summed E-state index contributed by atoms with van der Waals surface area (Å²) < 4.78 is 13.2. The van der Waals surface area contributed by atoms with Gasteiger partial charge in [0, 0.05) is 26.2 Å². The Balaban J connectivity index is 1.86. The summed E-state index contributed by atoms with van der Waals surface area (Å²) in [5, 5.41) is 15.0. The van der Waals surface area contributed by atoms with Crippen LogP contribution in [0, 0.1) is 6.92 Å². The number of aliphatic imine (C=N–C) groups is 1. The van der Waals surface area contributed by atoms with Crippen LogP contribution < -0.4 is 10.6 Å². The van der Waals surface area contributed by atoms with Gasteiger partial charge >= 0.3 is 0 Å². The van der Waals surface area contributed by atoms with E-state index in [1.807, 2.05) is 18.5 Å². The minimum absolute atomic E-state index is 0.162. The van der Waals surface area contributed by atoms with Crippen molar-refractivity contribution in [2.75, 3.05) is 26.4 Å². The van der Waals surface area contributed by atoms with E-state index in [4.69, 9.17) is 9.47 Å². The largest absolute Gasteiger partial charge is 0.379 e. The molecule has 8 nitrogen and oxygen atoms in total. The average molecular weight is 352 g/mol. The molecule has 0 amide bonds. The van der Waals surface area contributed by atoms with Crippen LogP contribution in [0.15, 0.2) is 4.99 Å². The van der Waals surface area contributed by atoms with E-state index in [0.29, 0.717) is 19.8 Å². The normalized spacial score (nSPS) is 19.2. The average Bonchev–Trinajstić information content (AvgIpc) is 3.22. The maximum Gasteiger partial charge on any atom is 0.191 e. The van der Waals surface area contributed by atoms with Crippen molar-refractivity contribution in [1.82, 2.24) is 25.4 Å². The van der Waals surface area contributed by atoms with Crippen molar-refractivity contribution in [3.63, 3.8) is 0 Å². The first kappa shape index (κ1) is 19.7. The minimum atomic E-state index is 0.162. The molecule has 2 unspecified atom stereocenters. The van der Waals surface area contributed by atoms with Crippen LogP contribution >= 0.6 is 0 Å². The molecule has 1 aliphatic rings. The summed E-state index contributed by atoms with van der Waals surface area (Å²) in [5.74, 6) is 2.52. The summed E-state index contributed by atoms with van der Waals surface area (Å²) in [6.45, 7) is 9.72. The summed E-state index contributed by atoms with van der Waals surface area (Å²) in [6.07, 6.45) is 3.45. The molecule has 2 rings (SSSR count). The Morgan fingerprint density at radius 3 is 2.96 bits per heavy atom. The molecular weight excluding hydrogens is 320 g/mol. The molecular formula is C17H32N6O2. The lowest BCUT2D eigenvalue weighted by molar-refractivity contribution is 0.0347. The molecule has 0 bridgehead atoms. The van der Waals surface area contributed by atoms with E-state index in [-0.39, 0.29) is 12.1 Å². The van der Waals surface area contributed by atoms with Crippen molar-refractivity contribution in [2.45, 2.75) is 58.7 Å². The summed E-state index contributed by atoms with van der Waals surface area (Å²) in [7, 11) is 1.96. The van der Waals surface area contributed by atoms with Gasteiger partial charge in [-0.05, 0) is 26.7 Å². The van der Waals surface area contributed by atoms with Gasteiger partial charge in [-0.1, -0.05) is 13.3 Å². The van der Waals surface area contributed by atoms with Crippen LogP contribution in [0.2, 0.25) is 0 Å². The van der Waals surface area contributed by atoms with E-state index >= 15 is 0 Å². The number of ether oxygens (including phenoxy) is 2. The van der Waals surface area contributed by atoms with Crippen LogP contribution in [0.25, 0.3) is 0 Å². The molecule has 25 heavy (non-hydrogen) atoms. The fourth-order valence-electron chi connectivity index (χ4n) is 2.47. The van der Waals surface area contributed by atoms with E-state index in [2.05, 4.69) is 39.7 Å². The van der Waals surface area contributed by atoms with E-state index < -0.39 is 0 Å². The molecule has 142 valence electrons. The molecule has 8 heteroatoms. The van der Waals surface area contributed by atoms with Gasteiger partial charge in [0.2, 0.25) is 0 Å². The zero-order chi connectivity index (χ0) is 18.1. The molecule has 2 atom stereocenters. The van der Waals surface area contributed by atoms with Gasteiger partial charge in [-0.2, -0.15) is 0 Å². The van der Waals surface area contributed by atoms with Gasteiger partial charge in [0.25, 0.3) is 0 Å². The second-order valence-corrected chi connectivity index (χ2v) is 6.53. The topological polar surface area (TPSA) is 85.6 Å². The zero-order valence-electron chi connectivity index (χ0n) is 15.9. The van der Waals surface area contributed by atoms with Gasteiger partial charge < -0.3 is 24.7 Å². The predicted molar refractivity (Wildman–Crippen MR) is 97.6 cm³/mol. The molecule has 0 aliphatic carbocycles. The quantitative estimate of drug-likeness (QED) is 0.394. The number of rotatable bonds is 9. The molecule has 0 aromatic carbocycles. The molecule has 1 aromatic rings. The SMILES string of the molecule is CCCCNC(=NCc1nnc(C)n1C)NC(C)COC1CCOC1. The van der Waals surface area contributed by atoms with E-state index in [1.54, 1.807) is 0 Å². The Morgan fingerprint density at radius 2 is 2.32 bits per heavy atom. The van der Waals surface area contributed by atoms with Crippen molar-refractivity contribution in [2.24, 2.45) is 12.0 Å². The standard InChI is InChI=1S/C17H32N6O2/c1-5-6-8-18-17(19-10-16-22-21-14(3)23(16)4)20-13(2)11-25-15-7-9-24-12-15/h13,15H,5-12H2,1-4H3,(H2,18,19,20). The Labute approximate surface area is 150 Å². The number of nitrogens with one attached hydrogen (secondary N) is 2. The summed E-state index contributed by atoms with van der Waals surface area (Å²) >= 11 is 0. The van der Waals surface area contributed by atoms with Crippen molar-refractivity contribution in [3.8, 4) is 0 Å². The summed E-state index contributed by atoms with van der Waals surface area (Å²) in [6, 6.07) is 0.162. The summed E-state index contributed by atoms with van der Waals surface area (Å²) in [5.41, 5.74) is 0. The highest BCUT2D eigenvalue weighted by Gasteiger charge is 2.17. The predicted octanol–water partition coefficient (Wildman–Crippen LogP) is 1.15. The number of nitrogens with zero attached hydrogens (tertiary/aromatic N) is 4. The van der Waals surface area contributed by atoms with Gasteiger partial charge in [0.1, 0.15) is 12.4 Å². The lowest BCUT2D eigenvalue weighted by Crippen LogP contribution is -2.45. The van der Waals surface area contributed by atoms with Crippen molar-refractivity contribution >= 4 is 5.96 Å². The maximum atomic E-state index is 5.88. The fourth-order valence-corrected chi connectivity index (χ4v) is 2.47. The van der Waals surface area contributed by atoms with Crippen LogP contribution in [0.5, 0.6) is 0 Å². The monoisotopic (exact) mass is 352 g/mol. The Kier molecular flexibility index (Phi) is 8.14. The maximum absolute atomic E-state index is 5.88. The molecule has 0 radical (unpaired) electrons. The highest BCUT2D eigenvalue weighted by molar-refractivity contribution is 5.80. The lowest BCUT2D eigenvalue weighted by atomic mass is 10.3. The highest BCUT2D eigenvalue weighted by Crippen LogP contribution is 2.08. The van der Waals surface area contributed by atoms with Crippen molar-refractivity contribution in [3.05, 3.63) is 11.6 Å².